The Morgan fingerprint density at radius 2 is 1.96 bits per heavy atom. The summed E-state index contributed by atoms with van der Waals surface area (Å²) >= 11 is 0. The van der Waals surface area contributed by atoms with Crippen LogP contribution in [-0.2, 0) is 0 Å². The third-order valence-corrected chi connectivity index (χ3v) is 5.50. The van der Waals surface area contributed by atoms with Crippen molar-refractivity contribution in [1.82, 2.24) is 15.3 Å². The van der Waals surface area contributed by atoms with E-state index >= 15 is 0 Å². The second kappa shape index (κ2) is 7.07. The number of fused-ring (bicyclic) bond motifs is 1. The van der Waals surface area contributed by atoms with Crippen molar-refractivity contribution in [1.29, 1.82) is 0 Å². The number of anilines is 1. The number of pyridine rings is 2. The highest BCUT2D eigenvalue weighted by Gasteiger charge is 2.15. The molecule has 0 amide bonds. The lowest BCUT2D eigenvalue weighted by Crippen LogP contribution is -2.35. The summed E-state index contributed by atoms with van der Waals surface area (Å²) in [6.45, 7) is 4.18. The highest BCUT2D eigenvalue weighted by Crippen LogP contribution is 2.31. The van der Waals surface area contributed by atoms with Gasteiger partial charge in [0.25, 0.3) is 0 Å². The molecule has 1 aromatic carbocycles. The number of aryl methyl sites for hydroxylation is 1. The molecule has 2 N–H and O–H groups in total. The maximum absolute atomic E-state index is 4.52. The van der Waals surface area contributed by atoms with Crippen LogP contribution >= 0.6 is 9.24 Å². The zero-order chi connectivity index (χ0) is 17.2. The molecular weight excluding hydrogens is 327 g/mol. The molecule has 1 unspecified atom stereocenters. The standard InChI is InChI=1S/C20H23N4P/c1-13-20(25)10-16(11-23-13)15-8-14-2-5-22-12-18(14)19(9-15)24-17-3-6-21-7-4-17/h2,5,8-12,17,21,24H,3-4,6-7,25H2,1H3. The van der Waals surface area contributed by atoms with Gasteiger partial charge in [0.2, 0.25) is 0 Å². The predicted molar refractivity (Wildman–Crippen MR) is 109 cm³/mol. The lowest BCUT2D eigenvalue weighted by atomic mass is 10.00. The molecule has 1 saturated heterocycles. The molecule has 0 aliphatic carbocycles. The Balaban J connectivity index is 1.78. The fourth-order valence-electron chi connectivity index (χ4n) is 3.38. The van der Waals surface area contributed by atoms with Crippen LogP contribution in [0.4, 0.5) is 5.69 Å². The van der Waals surface area contributed by atoms with Gasteiger partial charge in [-0.1, -0.05) is 0 Å². The van der Waals surface area contributed by atoms with Crippen LogP contribution in [0, 0.1) is 6.92 Å². The topological polar surface area (TPSA) is 49.8 Å². The van der Waals surface area contributed by atoms with E-state index < -0.39 is 0 Å². The normalized spacial score (nSPS) is 15.4. The van der Waals surface area contributed by atoms with E-state index in [4.69, 9.17) is 0 Å². The van der Waals surface area contributed by atoms with E-state index in [1.54, 1.807) is 0 Å². The minimum atomic E-state index is 0.508. The van der Waals surface area contributed by atoms with Gasteiger partial charge in [0.15, 0.2) is 0 Å². The molecule has 0 radical (unpaired) electrons. The molecule has 4 rings (SSSR count). The Hall–Kier alpha value is -2.03. The summed E-state index contributed by atoms with van der Waals surface area (Å²) in [7, 11) is 2.77. The average molecular weight is 350 g/mol. The molecular formula is C20H23N4P. The minimum Gasteiger partial charge on any atom is -0.382 e. The summed E-state index contributed by atoms with van der Waals surface area (Å²) in [5.74, 6) is 0. The Kier molecular flexibility index (Phi) is 4.65. The fraction of sp³-hybridized carbons (Fsp3) is 0.300. The van der Waals surface area contributed by atoms with E-state index in [0.717, 1.165) is 42.5 Å². The summed E-state index contributed by atoms with van der Waals surface area (Å²) in [5, 5.41) is 10.7. The first-order valence-electron chi connectivity index (χ1n) is 8.78. The number of benzene rings is 1. The lowest BCUT2D eigenvalue weighted by Gasteiger charge is -2.25. The quantitative estimate of drug-likeness (QED) is 0.712. The van der Waals surface area contributed by atoms with E-state index in [1.807, 2.05) is 25.5 Å². The first-order valence-corrected chi connectivity index (χ1v) is 9.36. The molecule has 4 nitrogen and oxygen atoms in total. The molecule has 1 atom stereocenters. The average Bonchev–Trinajstić information content (AvgIpc) is 2.65. The molecule has 1 fully saturated rings. The van der Waals surface area contributed by atoms with Crippen molar-refractivity contribution < 1.29 is 0 Å². The van der Waals surface area contributed by atoms with Crippen molar-refractivity contribution in [2.45, 2.75) is 25.8 Å². The van der Waals surface area contributed by atoms with Crippen LogP contribution in [0.15, 0.2) is 42.9 Å². The van der Waals surface area contributed by atoms with Crippen molar-refractivity contribution in [2.24, 2.45) is 0 Å². The third-order valence-electron chi connectivity index (χ3n) is 4.91. The van der Waals surface area contributed by atoms with Crippen molar-refractivity contribution in [3.8, 4) is 11.1 Å². The van der Waals surface area contributed by atoms with Crippen molar-refractivity contribution in [2.75, 3.05) is 18.4 Å². The van der Waals surface area contributed by atoms with Gasteiger partial charge in [-0.25, -0.2) is 0 Å². The van der Waals surface area contributed by atoms with Gasteiger partial charge in [-0.3, -0.25) is 9.97 Å². The number of rotatable bonds is 3. The third kappa shape index (κ3) is 3.51. The molecule has 0 spiro atoms. The molecule has 1 aliphatic rings. The van der Waals surface area contributed by atoms with Gasteiger partial charge >= 0.3 is 0 Å². The molecule has 0 saturated carbocycles. The van der Waals surface area contributed by atoms with Crippen LogP contribution in [0.5, 0.6) is 0 Å². The number of nitrogens with zero attached hydrogens (tertiary/aromatic N) is 2. The monoisotopic (exact) mass is 350 g/mol. The fourth-order valence-corrected chi connectivity index (χ4v) is 3.63. The zero-order valence-corrected chi connectivity index (χ0v) is 15.6. The Labute approximate surface area is 150 Å². The van der Waals surface area contributed by atoms with E-state index in [1.165, 1.54) is 22.0 Å². The summed E-state index contributed by atoms with van der Waals surface area (Å²) in [4.78, 5) is 8.85. The van der Waals surface area contributed by atoms with E-state index in [9.17, 15) is 0 Å². The Morgan fingerprint density at radius 3 is 2.76 bits per heavy atom. The van der Waals surface area contributed by atoms with Gasteiger partial charge in [-0.2, -0.15) is 0 Å². The summed E-state index contributed by atoms with van der Waals surface area (Å²) in [5.41, 5.74) is 4.54. The van der Waals surface area contributed by atoms with Gasteiger partial charge in [0.05, 0.1) is 0 Å². The molecule has 1 aliphatic heterocycles. The maximum atomic E-state index is 4.52. The smallest absolute Gasteiger partial charge is 0.0444 e. The molecule has 3 heterocycles. The van der Waals surface area contributed by atoms with Crippen LogP contribution in [0.25, 0.3) is 21.9 Å². The molecule has 5 heteroatoms. The van der Waals surface area contributed by atoms with Crippen molar-refractivity contribution >= 4 is 31.0 Å². The van der Waals surface area contributed by atoms with Crippen LogP contribution in [0.1, 0.15) is 18.5 Å². The van der Waals surface area contributed by atoms with Gasteiger partial charge in [-0.15, -0.1) is 9.24 Å². The molecule has 128 valence electrons. The predicted octanol–water partition coefficient (Wildman–Crippen LogP) is 3.27. The number of nitrogens with one attached hydrogen (secondary N) is 2. The number of hydrogen-bond donors (Lipinski definition) is 2. The van der Waals surface area contributed by atoms with E-state index in [0.29, 0.717) is 6.04 Å². The number of hydrogen-bond acceptors (Lipinski definition) is 4. The van der Waals surface area contributed by atoms with Gasteiger partial charge in [-0.05, 0) is 73.4 Å². The van der Waals surface area contributed by atoms with Gasteiger partial charge < -0.3 is 10.6 Å². The second-order valence-corrected chi connectivity index (χ2v) is 7.31. The minimum absolute atomic E-state index is 0.508. The largest absolute Gasteiger partial charge is 0.382 e. The summed E-state index contributed by atoms with van der Waals surface area (Å²) in [6, 6.07) is 9.23. The first-order chi connectivity index (χ1) is 12.2. The molecule has 2 aromatic heterocycles. The first kappa shape index (κ1) is 16.4. The SMILES string of the molecule is Cc1ncc(-c2cc(NC3CCNCC3)c3cnccc3c2)cc1P. The summed E-state index contributed by atoms with van der Waals surface area (Å²) in [6.07, 6.45) is 8.06. The lowest BCUT2D eigenvalue weighted by molar-refractivity contribution is 0.479. The van der Waals surface area contributed by atoms with Crippen LogP contribution < -0.4 is 15.9 Å². The van der Waals surface area contributed by atoms with Gasteiger partial charge in [0.1, 0.15) is 0 Å². The zero-order valence-electron chi connectivity index (χ0n) is 14.4. The maximum Gasteiger partial charge on any atom is 0.0444 e. The number of aromatic nitrogens is 2. The Morgan fingerprint density at radius 1 is 1.12 bits per heavy atom. The highest BCUT2D eigenvalue weighted by atomic mass is 31.0. The number of piperidine rings is 1. The van der Waals surface area contributed by atoms with Crippen LogP contribution in [0.2, 0.25) is 0 Å². The van der Waals surface area contributed by atoms with Crippen LogP contribution in [-0.4, -0.2) is 29.1 Å². The van der Waals surface area contributed by atoms with E-state index in [-0.39, 0.29) is 0 Å². The molecule has 25 heavy (non-hydrogen) atoms. The van der Waals surface area contributed by atoms with Crippen molar-refractivity contribution in [3.63, 3.8) is 0 Å². The molecule has 0 bridgehead atoms. The highest BCUT2D eigenvalue weighted by molar-refractivity contribution is 7.27. The van der Waals surface area contributed by atoms with E-state index in [2.05, 4.69) is 54.1 Å². The summed E-state index contributed by atoms with van der Waals surface area (Å²) < 4.78 is 0. The second-order valence-electron chi connectivity index (χ2n) is 6.69. The molecule has 3 aromatic rings. The van der Waals surface area contributed by atoms with Crippen molar-refractivity contribution in [3.05, 3.63) is 48.5 Å². The Bertz CT molecular complexity index is 903. The van der Waals surface area contributed by atoms with Crippen LogP contribution in [0.3, 0.4) is 0 Å². The van der Waals surface area contributed by atoms with Gasteiger partial charge in [0, 0.05) is 47.0 Å².